The molecule has 84 valence electrons. The fourth-order valence-corrected chi connectivity index (χ4v) is 1.20. The van der Waals surface area contributed by atoms with Gasteiger partial charge in [0.2, 0.25) is 0 Å². The van der Waals surface area contributed by atoms with E-state index in [-0.39, 0.29) is 17.8 Å². The highest BCUT2D eigenvalue weighted by Gasteiger charge is 2.48. The Bertz CT molecular complexity index is 332. The van der Waals surface area contributed by atoms with Crippen LogP contribution >= 0.6 is 0 Å². The van der Waals surface area contributed by atoms with Gasteiger partial charge in [-0.25, -0.2) is 0 Å². The van der Waals surface area contributed by atoms with Crippen LogP contribution in [0.1, 0.15) is 20.3 Å². The molecule has 4 heteroatoms. The van der Waals surface area contributed by atoms with Crippen LogP contribution in [0.4, 0.5) is 13.2 Å². The second-order valence-electron chi connectivity index (χ2n) is 4.01. The molecule has 0 aromatic rings. The first-order chi connectivity index (χ1) is 6.75. The van der Waals surface area contributed by atoms with E-state index in [1.165, 1.54) is 24.3 Å². The number of hydrogen-bond acceptors (Lipinski definition) is 1. The van der Waals surface area contributed by atoms with Crippen LogP contribution in [0.2, 0.25) is 0 Å². The lowest BCUT2D eigenvalue weighted by atomic mass is 9.83. The molecule has 1 aliphatic carbocycles. The van der Waals surface area contributed by atoms with Gasteiger partial charge in [-0.1, -0.05) is 18.2 Å². The molecule has 1 rings (SSSR count). The summed E-state index contributed by atoms with van der Waals surface area (Å²) in [4.78, 5) is 0. The van der Waals surface area contributed by atoms with E-state index in [1.807, 2.05) is 0 Å². The number of rotatable bonds is 1. The van der Waals surface area contributed by atoms with Crippen molar-refractivity contribution < 1.29 is 18.3 Å². The molecule has 0 spiro atoms. The summed E-state index contributed by atoms with van der Waals surface area (Å²) in [5.41, 5.74) is -1.75. The maximum Gasteiger partial charge on any atom is 0.397 e. The van der Waals surface area contributed by atoms with E-state index in [0.717, 1.165) is 13.8 Å². The second kappa shape index (κ2) is 3.76. The lowest BCUT2D eigenvalue weighted by molar-refractivity contribution is -0.196. The van der Waals surface area contributed by atoms with Crippen molar-refractivity contribution in [3.63, 3.8) is 0 Å². The van der Waals surface area contributed by atoms with Crippen molar-refractivity contribution in [1.29, 1.82) is 0 Å². The van der Waals surface area contributed by atoms with Crippen molar-refractivity contribution in [3.05, 3.63) is 35.6 Å². The number of hydrogen-bond donors (Lipinski definition) is 1. The van der Waals surface area contributed by atoms with E-state index >= 15 is 0 Å². The van der Waals surface area contributed by atoms with Gasteiger partial charge in [0.25, 0.3) is 0 Å². The molecule has 1 N–H and O–H groups in total. The van der Waals surface area contributed by atoms with Crippen LogP contribution < -0.4 is 0 Å². The third kappa shape index (κ3) is 2.43. The molecule has 15 heavy (non-hydrogen) atoms. The molecule has 0 aromatic heterocycles. The summed E-state index contributed by atoms with van der Waals surface area (Å²) in [6.45, 7) is 2.25. The fourth-order valence-electron chi connectivity index (χ4n) is 1.20. The smallest absolute Gasteiger partial charge is 0.397 e. The lowest BCUT2D eigenvalue weighted by Gasteiger charge is -2.28. The van der Waals surface area contributed by atoms with Crippen LogP contribution in [-0.4, -0.2) is 11.3 Å². The minimum atomic E-state index is -4.29. The highest BCUT2D eigenvalue weighted by Crippen LogP contribution is 2.44. The van der Waals surface area contributed by atoms with E-state index in [0.29, 0.717) is 0 Å². The van der Waals surface area contributed by atoms with Crippen molar-refractivity contribution in [2.75, 3.05) is 0 Å². The summed E-state index contributed by atoms with van der Waals surface area (Å²) in [6, 6.07) is 0. The second-order valence-corrected chi connectivity index (χ2v) is 4.01. The summed E-state index contributed by atoms with van der Waals surface area (Å²) in [7, 11) is 0. The maximum absolute atomic E-state index is 12.7. The Kier molecular flexibility index (Phi) is 2.98. The molecule has 0 atom stereocenters. The van der Waals surface area contributed by atoms with Gasteiger partial charge in [-0.05, 0) is 25.5 Å². The van der Waals surface area contributed by atoms with Crippen LogP contribution in [0.15, 0.2) is 35.6 Å². The summed E-state index contributed by atoms with van der Waals surface area (Å²) in [5, 5.41) is 9.16. The van der Waals surface area contributed by atoms with Gasteiger partial charge in [0.05, 0.1) is 11.2 Å². The molecule has 0 heterocycles. The summed E-state index contributed by atoms with van der Waals surface area (Å²) in [6.07, 6.45) is 1.53. The van der Waals surface area contributed by atoms with Gasteiger partial charge in [-0.3, -0.25) is 0 Å². The quantitative estimate of drug-likeness (QED) is 0.707. The van der Waals surface area contributed by atoms with Crippen LogP contribution in [0, 0.1) is 5.41 Å². The van der Waals surface area contributed by atoms with E-state index < -0.39 is 11.6 Å². The summed E-state index contributed by atoms with van der Waals surface area (Å²) >= 11 is 0. The predicted octanol–water partition coefficient (Wildman–Crippen LogP) is 3.90. The average Bonchev–Trinajstić information content (AvgIpc) is 2.27. The highest BCUT2D eigenvalue weighted by molar-refractivity contribution is 5.34. The molecule has 1 aliphatic rings. The van der Waals surface area contributed by atoms with E-state index in [9.17, 15) is 13.2 Å². The third-order valence-electron chi connectivity index (χ3n) is 2.51. The topological polar surface area (TPSA) is 20.2 Å². The fraction of sp³-hybridized carbons (Fsp3) is 0.455. The van der Waals surface area contributed by atoms with Crippen molar-refractivity contribution >= 4 is 0 Å². The zero-order chi connectivity index (χ0) is 11.7. The molecular weight excluding hydrogens is 205 g/mol. The molecule has 0 unspecified atom stereocenters. The van der Waals surface area contributed by atoms with Crippen LogP contribution in [0.25, 0.3) is 0 Å². The van der Waals surface area contributed by atoms with Gasteiger partial charge in [0.1, 0.15) is 0 Å². The van der Waals surface area contributed by atoms with E-state index in [1.54, 1.807) is 0 Å². The first kappa shape index (κ1) is 11.9. The predicted molar refractivity (Wildman–Crippen MR) is 52.4 cm³/mol. The average molecular weight is 218 g/mol. The van der Waals surface area contributed by atoms with Crippen LogP contribution in [0.3, 0.4) is 0 Å². The highest BCUT2D eigenvalue weighted by atomic mass is 19.4. The Morgan fingerprint density at radius 2 is 1.80 bits per heavy atom. The normalized spacial score (nSPS) is 18.2. The molecule has 0 saturated heterocycles. The molecule has 0 bridgehead atoms. The van der Waals surface area contributed by atoms with Crippen molar-refractivity contribution in [2.45, 2.75) is 26.4 Å². The molecule has 1 nitrogen and oxygen atoms in total. The summed E-state index contributed by atoms with van der Waals surface area (Å²) < 4.78 is 38.1. The van der Waals surface area contributed by atoms with Gasteiger partial charge < -0.3 is 5.11 Å². The number of allylic oxidation sites excluding steroid dienone is 5. The Morgan fingerprint density at radius 3 is 2.33 bits per heavy atom. The number of alkyl halides is 3. The molecule has 0 radical (unpaired) electrons. The summed E-state index contributed by atoms with van der Waals surface area (Å²) in [5.74, 6) is 0.0687. The van der Waals surface area contributed by atoms with Gasteiger partial charge in [0, 0.05) is 6.42 Å². The zero-order valence-electron chi connectivity index (χ0n) is 8.60. The van der Waals surface area contributed by atoms with Crippen molar-refractivity contribution in [1.82, 2.24) is 0 Å². The largest absolute Gasteiger partial charge is 0.512 e. The minimum absolute atomic E-state index is 0.0687. The van der Waals surface area contributed by atoms with Crippen molar-refractivity contribution in [3.8, 4) is 0 Å². The first-order valence-corrected chi connectivity index (χ1v) is 4.59. The molecule has 0 fully saturated rings. The molecule has 0 saturated carbocycles. The maximum atomic E-state index is 12.7. The minimum Gasteiger partial charge on any atom is -0.512 e. The Labute approximate surface area is 86.6 Å². The molecule has 0 aromatic carbocycles. The van der Waals surface area contributed by atoms with Crippen LogP contribution in [-0.2, 0) is 0 Å². The molecule has 0 aliphatic heterocycles. The number of aliphatic hydroxyl groups excluding tert-OH is 1. The SMILES string of the molecule is CC(C)(C1=CC=C(O)CC=C1)C(F)(F)F. The van der Waals surface area contributed by atoms with Gasteiger partial charge in [-0.2, -0.15) is 13.2 Å². The van der Waals surface area contributed by atoms with Crippen molar-refractivity contribution in [2.24, 2.45) is 5.41 Å². The van der Waals surface area contributed by atoms with Gasteiger partial charge >= 0.3 is 6.18 Å². The zero-order valence-corrected chi connectivity index (χ0v) is 8.60. The van der Waals surface area contributed by atoms with Crippen LogP contribution in [0.5, 0.6) is 0 Å². The number of halogens is 3. The lowest BCUT2D eigenvalue weighted by Crippen LogP contribution is -2.33. The Hall–Kier alpha value is -1.19. The standard InChI is InChI=1S/C11H13F3O/c1-10(2,11(12,13)14)8-4-3-5-9(15)7-6-8/h3-4,6-7,15H,5H2,1-2H3. The molecule has 0 amide bonds. The first-order valence-electron chi connectivity index (χ1n) is 4.59. The number of aliphatic hydroxyl groups is 1. The Morgan fingerprint density at radius 1 is 1.20 bits per heavy atom. The third-order valence-corrected chi connectivity index (χ3v) is 2.51. The monoisotopic (exact) mass is 218 g/mol. The van der Waals surface area contributed by atoms with Gasteiger partial charge in [-0.15, -0.1) is 0 Å². The molecular formula is C11H13F3O. The van der Waals surface area contributed by atoms with E-state index in [2.05, 4.69) is 0 Å². The van der Waals surface area contributed by atoms with Gasteiger partial charge in [0.15, 0.2) is 0 Å². The Balaban J connectivity index is 3.08. The van der Waals surface area contributed by atoms with E-state index in [4.69, 9.17) is 5.11 Å².